The maximum Gasteiger partial charge on any atom is 0.298 e. The monoisotopic (exact) mass is 362 g/mol. The van der Waals surface area contributed by atoms with Crippen LogP contribution in [0.3, 0.4) is 0 Å². The summed E-state index contributed by atoms with van der Waals surface area (Å²) in [5.74, 6) is 4.61. The van der Waals surface area contributed by atoms with Crippen molar-refractivity contribution < 1.29 is 9.59 Å². The number of nitrogens with one attached hydrogen (secondary N) is 1. The minimum atomic E-state index is -0.530. The van der Waals surface area contributed by atoms with Gasteiger partial charge in [-0.2, -0.15) is 0 Å². The van der Waals surface area contributed by atoms with Crippen molar-refractivity contribution in [1.29, 1.82) is 0 Å². The number of nitrogens with zero attached hydrogens (tertiary/aromatic N) is 2. The summed E-state index contributed by atoms with van der Waals surface area (Å²) in [7, 11) is 0. The van der Waals surface area contributed by atoms with E-state index in [0.717, 1.165) is 54.1 Å². The fraction of sp³-hybridized carbons (Fsp3) is 0.381. The van der Waals surface area contributed by atoms with Gasteiger partial charge in [-0.3, -0.25) is 9.59 Å². The van der Waals surface area contributed by atoms with Crippen LogP contribution in [0.2, 0.25) is 0 Å². The quantitative estimate of drug-likeness (QED) is 0.802. The van der Waals surface area contributed by atoms with E-state index in [2.05, 4.69) is 27.9 Å². The van der Waals surface area contributed by atoms with Gasteiger partial charge >= 0.3 is 0 Å². The Morgan fingerprint density at radius 2 is 2.11 bits per heavy atom. The average molecular weight is 362 g/mol. The lowest BCUT2D eigenvalue weighted by molar-refractivity contribution is -0.124. The Morgan fingerprint density at radius 3 is 2.89 bits per heavy atom. The fourth-order valence-electron chi connectivity index (χ4n) is 4.15. The molecule has 3 heterocycles. The molecule has 2 amide bonds. The van der Waals surface area contributed by atoms with E-state index < -0.39 is 5.91 Å². The maximum absolute atomic E-state index is 12.2. The molecule has 0 bridgehead atoms. The van der Waals surface area contributed by atoms with Gasteiger partial charge in [0.15, 0.2) is 5.69 Å². The van der Waals surface area contributed by atoms with Crippen LogP contribution >= 0.6 is 0 Å². The zero-order chi connectivity index (χ0) is 19.0. The second-order valence-electron chi connectivity index (χ2n) is 7.04. The molecule has 6 nitrogen and oxygen atoms in total. The molecular formula is C21H22N4O2. The van der Waals surface area contributed by atoms with Crippen LogP contribution in [-0.2, 0) is 17.6 Å². The molecule has 0 atom stereocenters. The molecule has 2 aromatic heterocycles. The maximum atomic E-state index is 12.2. The van der Waals surface area contributed by atoms with E-state index in [1.807, 2.05) is 0 Å². The molecule has 1 aliphatic heterocycles. The molecule has 0 unspecified atom stereocenters. The van der Waals surface area contributed by atoms with Crippen molar-refractivity contribution in [2.75, 3.05) is 13.1 Å². The first-order valence-corrected chi connectivity index (χ1v) is 9.33. The zero-order valence-electron chi connectivity index (χ0n) is 15.4. The fourth-order valence-corrected chi connectivity index (χ4v) is 4.15. The van der Waals surface area contributed by atoms with Gasteiger partial charge in [0.1, 0.15) is 0 Å². The minimum Gasteiger partial charge on any atom is -0.364 e. The molecule has 4 rings (SSSR count). The average Bonchev–Trinajstić information content (AvgIpc) is 3.07. The molecule has 27 heavy (non-hydrogen) atoms. The summed E-state index contributed by atoms with van der Waals surface area (Å²) in [5, 5.41) is 1.04. The Morgan fingerprint density at radius 1 is 1.30 bits per heavy atom. The second-order valence-corrected chi connectivity index (χ2v) is 7.04. The highest BCUT2D eigenvalue weighted by Crippen LogP contribution is 2.36. The number of aryl methyl sites for hydroxylation is 2. The number of hydrogen-bond acceptors (Lipinski definition) is 3. The van der Waals surface area contributed by atoms with E-state index in [1.54, 1.807) is 18.0 Å². The molecule has 2 aliphatic rings. The number of nitrogens with two attached hydrogens (primary N) is 1. The molecular weight excluding hydrogens is 340 g/mol. The number of H-pyrrole nitrogens is 1. The van der Waals surface area contributed by atoms with Crippen molar-refractivity contribution in [3.8, 4) is 11.8 Å². The van der Waals surface area contributed by atoms with Crippen molar-refractivity contribution in [1.82, 2.24) is 14.9 Å². The molecule has 0 spiro atoms. The Kier molecular flexibility index (Phi) is 4.44. The largest absolute Gasteiger partial charge is 0.364 e. The van der Waals surface area contributed by atoms with E-state index in [4.69, 9.17) is 5.73 Å². The summed E-state index contributed by atoms with van der Waals surface area (Å²) in [6.07, 6.45) is 8.87. The molecule has 1 aliphatic carbocycles. The lowest BCUT2D eigenvalue weighted by Gasteiger charge is -2.26. The van der Waals surface area contributed by atoms with Crippen LogP contribution in [0.5, 0.6) is 0 Å². The number of carbonyl (C=O) groups is 2. The Balaban J connectivity index is 1.84. The Labute approximate surface area is 157 Å². The summed E-state index contributed by atoms with van der Waals surface area (Å²) in [6.45, 7) is 2.83. The molecule has 0 aromatic carbocycles. The van der Waals surface area contributed by atoms with Crippen LogP contribution in [0.4, 0.5) is 0 Å². The van der Waals surface area contributed by atoms with E-state index in [-0.39, 0.29) is 11.6 Å². The van der Waals surface area contributed by atoms with Crippen LogP contribution in [0.25, 0.3) is 16.5 Å². The van der Waals surface area contributed by atoms with Crippen molar-refractivity contribution >= 4 is 28.3 Å². The van der Waals surface area contributed by atoms with E-state index in [0.29, 0.717) is 13.1 Å². The first kappa shape index (κ1) is 17.3. The van der Waals surface area contributed by atoms with Gasteiger partial charge in [-0.25, -0.2) is 4.98 Å². The molecule has 0 radical (unpaired) electrons. The number of aromatic nitrogens is 2. The van der Waals surface area contributed by atoms with Gasteiger partial charge in [-0.05, 0) is 56.1 Å². The van der Waals surface area contributed by atoms with Crippen molar-refractivity contribution in [3.05, 3.63) is 34.8 Å². The Hall–Kier alpha value is -3.07. The summed E-state index contributed by atoms with van der Waals surface area (Å²) in [5.41, 5.74) is 11.0. The third kappa shape index (κ3) is 2.99. The van der Waals surface area contributed by atoms with Crippen LogP contribution in [0.1, 0.15) is 53.5 Å². The van der Waals surface area contributed by atoms with Gasteiger partial charge in [-0.1, -0.05) is 12.0 Å². The van der Waals surface area contributed by atoms with Gasteiger partial charge in [0.05, 0.1) is 5.52 Å². The summed E-state index contributed by atoms with van der Waals surface area (Å²) < 4.78 is 0. The Bertz CT molecular complexity index is 1040. The first-order valence-electron chi connectivity index (χ1n) is 9.33. The van der Waals surface area contributed by atoms with Gasteiger partial charge in [0, 0.05) is 35.9 Å². The highest BCUT2D eigenvalue weighted by molar-refractivity contribution is 6.08. The number of primary amides is 1. The SMILES string of the molecule is CC#CC(=O)N1CCC=C(c2cnc(C(N)=O)c3[nH]c4c(c23)CCCC4)C1. The number of hydrogen-bond donors (Lipinski definition) is 2. The third-order valence-corrected chi connectivity index (χ3v) is 5.37. The smallest absolute Gasteiger partial charge is 0.298 e. The number of pyridine rings is 1. The summed E-state index contributed by atoms with van der Waals surface area (Å²) in [6, 6.07) is 0. The number of carbonyl (C=O) groups excluding carboxylic acids is 2. The zero-order valence-corrected chi connectivity index (χ0v) is 15.4. The number of aromatic amines is 1. The van der Waals surface area contributed by atoms with E-state index in [9.17, 15) is 9.59 Å². The molecule has 2 aromatic rings. The van der Waals surface area contributed by atoms with Gasteiger partial charge < -0.3 is 15.6 Å². The van der Waals surface area contributed by atoms with Crippen LogP contribution < -0.4 is 5.73 Å². The lowest BCUT2D eigenvalue weighted by atomic mass is 9.91. The second kappa shape index (κ2) is 6.92. The van der Waals surface area contributed by atoms with Crippen molar-refractivity contribution in [2.24, 2.45) is 5.73 Å². The molecule has 3 N–H and O–H groups in total. The first-order chi connectivity index (χ1) is 13.1. The topological polar surface area (TPSA) is 92.1 Å². The molecule has 0 saturated heterocycles. The van der Waals surface area contributed by atoms with Crippen molar-refractivity contribution in [2.45, 2.75) is 39.0 Å². The van der Waals surface area contributed by atoms with E-state index in [1.165, 1.54) is 11.3 Å². The standard InChI is InChI=1S/C21H22N4O2/c1-2-6-17(26)25-10-5-7-13(12-25)15-11-23-20(21(22)27)19-18(15)14-8-3-4-9-16(14)24-19/h7,11,24H,3-5,8-10,12H2,1H3,(H2,22,27). The molecule has 0 saturated carbocycles. The van der Waals surface area contributed by atoms with Crippen LogP contribution in [0.15, 0.2) is 12.3 Å². The summed E-state index contributed by atoms with van der Waals surface area (Å²) >= 11 is 0. The van der Waals surface area contributed by atoms with Gasteiger partial charge in [-0.15, -0.1) is 0 Å². The normalized spacial score (nSPS) is 16.3. The van der Waals surface area contributed by atoms with Gasteiger partial charge in [0.25, 0.3) is 11.8 Å². The van der Waals surface area contributed by atoms with Crippen LogP contribution in [-0.4, -0.2) is 39.8 Å². The highest BCUT2D eigenvalue weighted by atomic mass is 16.2. The highest BCUT2D eigenvalue weighted by Gasteiger charge is 2.25. The van der Waals surface area contributed by atoms with Gasteiger partial charge in [0.2, 0.25) is 0 Å². The number of rotatable bonds is 2. The molecule has 138 valence electrons. The predicted octanol–water partition coefficient (Wildman–Crippen LogP) is 2.18. The minimum absolute atomic E-state index is 0.155. The molecule has 6 heteroatoms. The third-order valence-electron chi connectivity index (χ3n) is 5.37. The van der Waals surface area contributed by atoms with E-state index >= 15 is 0 Å². The molecule has 0 fully saturated rings. The number of fused-ring (bicyclic) bond motifs is 3. The predicted molar refractivity (Wildman–Crippen MR) is 104 cm³/mol. The lowest BCUT2D eigenvalue weighted by Crippen LogP contribution is -2.34. The summed E-state index contributed by atoms with van der Waals surface area (Å²) in [4.78, 5) is 33.6. The van der Waals surface area contributed by atoms with Crippen molar-refractivity contribution in [3.63, 3.8) is 0 Å². The number of amides is 2. The van der Waals surface area contributed by atoms with Crippen LogP contribution in [0, 0.1) is 11.8 Å².